The van der Waals surface area contributed by atoms with E-state index in [-0.39, 0.29) is 82.6 Å². The Morgan fingerprint density at radius 2 is 1.67 bits per heavy atom. The number of aliphatic carboxylic acids is 1. The molecule has 2 aromatic rings. The number of aliphatic hydroxyl groups excluding tert-OH is 1. The molecule has 0 bridgehead atoms. The average Bonchev–Trinajstić information content (AvgIpc) is 3.56. The number of likely N-dealkylation sites (tertiary alicyclic amines) is 1. The average molecular weight is 617 g/mol. The van der Waals surface area contributed by atoms with Gasteiger partial charge in [0.1, 0.15) is 5.78 Å². The lowest BCUT2D eigenvalue weighted by Crippen LogP contribution is -2.47. The van der Waals surface area contributed by atoms with Crippen LogP contribution < -0.4 is 0 Å². The number of Topliss-reactive ketones (excluding diaryl/α,β-unsaturated/α-hetero) is 2. The predicted molar refractivity (Wildman–Crippen MR) is 163 cm³/mol. The molecule has 11 heteroatoms. The minimum Gasteiger partial charge on any atom is -0.481 e. The Labute approximate surface area is 257 Å². The predicted octanol–water partition coefficient (Wildman–Crippen LogP) is 4.10. The Morgan fingerprint density at radius 3 is 2.26 bits per heavy atom. The van der Waals surface area contributed by atoms with Gasteiger partial charge in [-0.3, -0.25) is 19.2 Å². The largest absolute Gasteiger partial charge is 0.481 e. The van der Waals surface area contributed by atoms with Crippen molar-refractivity contribution in [2.24, 2.45) is 11.3 Å². The molecule has 1 saturated heterocycles. The van der Waals surface area contributed by atoms with E-state index in [1.165, 1.54) is 4.90 Å². The molecule has 1 aromatic carbocycles. The summed E-state index contributed by atoms with van der Waals surface area (Å²) in [5, 5.41) is 19.0. The molecular weight excluding hydrogens is 572 g/mol. The van der Waals surface area contributed by atoms with E-state index in [1.54, 1.807) is 11.3 Å². The Hall–Kier alpha value is -2.99. The number of benzene rings is 1. The summed E-state index contributed by atoms with van der Waals surface area (Å²) >= 11 is 1.59. The number of aliphatic hydroxyl groups is 1. The first-order valence-corrected chi connectivity index (χ1v) is 15.6. The lowest BCUT2D eigenvalue weighted by atomic mass is 9.76. The Bertz CT molecular complexity index is 1240. The number of nitrogens with zero attached hydrogens (tertiary/aromatic N) is 2. The molecule has 2 heterocycles. The van der Waals surface area contributed by atoms with Crippen molar-refractivity contribution in [2.75, 3.05) is 33.0 Å². The number of ketones is 2. The van der Waals surface area contributed by atoms with Crippen molar-refractivity contribution in [2.45, 2.75) is 78.4 Å². The number of β-amino-alcohol motifs (C(OH)–C–C–N with tert-alkyl or cyclic N) is 1. The zero-order valence-electron chi connectivity index (χ0n) is 25.5. The fourth-order valence-corrected chi connectivity index (χ4v) is 5.97. The summed E-state index contributed by atoms with van der Waals surface area (Å²) in [6.45, 7) is 8.48. The van der Waals surface area contributed by atoms with Gasteiger partial charge in [-0.2, -0.15) is 0 Å². The number of carbonyl (C=O) groups excluding carboxylic acids is 3. The molecule has 0 aliphatic carbocycles. The molecule has 1 amide bonds. The Morgan fingerprint density at radius 1 is 1.02 bits per heavy atom. The monoisotopic (exact) mass is 616 g/mol. The normalized spacial score (nSPS) is 17.7. The van der Waals surface area contributed by atoms with Gasteiger partial charge in [-0.25, -0.2) is 4.98 Å². The molecule has 0 spiro atoms. The summed E-state index contributed by atoms with van der Waals surface area (Å²) in [5.41, 5.74) is 4.37. The summed E-state index contributed by atoms with van der Waals surface area (Å²) in [6, 6.07) is 7.35. The molecule has 1 aliphatic rings. The summed E-state index contributed by atoms with van der Waals surface area (Å²) in [5.74, 6) is -2.09. The minimum atomic E-state index is -0.933. The maximum absolute atomic E-state index is 13.8. The number of carboxylic acid groups (broad SMARTS) is 1. The molecule has 0 unspecified atom stereocenters. The van der Waals surface area contributed by atoms with Crippen molar-refractivity contribution < 1.29 is 38.9 Å². The fraction of sp³-hybridized carbons (Fsp3) is 0.594. The highest BCUT2D eigenvalue weighted by Gasteiger charge is 2.44. The van der Waals surface area contributed by atoms with Crippen LogP contribution in [0.1, 0.15) is 64.1 Å². The molecule has 1 aromatic heterocycles. The van der Waals surface area contributed by atoms with Gasteiger partial charge in [-0.15, -0.1) is 11.3 Å². The first-order chi connectivity index (χ1) is 20.4. The van der Waals surface area contributed by atoms with E-state index in [2.05, 4.69) is 4.98 Å². The Balaban J connectivity index is 1.53. The van der Waals surface area contributed by atoms with Gasteiger partial charge < -0.3 is 24.6 Å². The fourth-order valence-electron chi connectivity index (χ4n) is 5.16. The molecule has 10 nitrogen and oxygen atoms in total. The van der Waals surface area contributed by atoms with Gasteiger partial charge in [-0.05, 0) is 29.9 Å². The number of amides is 1. The number of ether oxygens (including phenoxy) is 2. The van der Waals surface area contributed by atoms with Crippen LogP contribution in [0, 0.1) is 18.3 Å². The highest BCUT2D eigenvalue weighted by atomic mass is 32.1. The van der Waals surface area contributed by atoms with Crippen molar-refractivity contribution in [1.82, 2.24) is 9.88 Å². The van der Waals surface area contributed by atoms with E-state index in [4.69, 9.17) is 14.6 Å². The van der Waals surface area contributed by atoms with Crippen LogP contribution in [0.15, 0.2) is 29.8 Å². The number of carbonyl (C=O) groups is 4. The van der Waals surface area contributed by atoms with Crippen molar-refractivity contribution in [3.05, 3.63) is 41.0 Å². The number of aryl methyl sites for hydroxylation is 2. The molecule has 3 atom stereocenters. The van der Waals surface area contributed by atoms with Gasteiger partial charge in [0.15, 0.2) is 5.78 Å². The summed E-state index contributed by atoms with van der Waals surface area (Å²) in [6.07, 6.45) is 0.242. The number of aromatic nitrogens is 1. The maximum atomic E-state index is 13.8. The Kier molecular flexibility index (Phi) is 13.0. The maximum Gasteiger partial charge on any atom is 0.305 e. The van der Waals surface area contributed by atoms with Crippen LogP contribution >= 0.6 is 11.3 Å². The zero-order valence-corrected chi connectivity index (χ0v) is 26.4. The molecule has 3 rings (SSSR count). The second-order valence-electron chi connectivity index (χ2n) is 12.1. The van der Waals surface area contributed by atoms with Crippen LogP contribution in [0.3, 0.4) is 0 Å². The van der Waals surface area contributed by atoms with Crippen molar-refractivity contribution in [3.8, 4) is 10.4 Å². The van der Waals surface area contributed by atoms with Gasteiger partial charge in [-0.1, -0.05) is 45.0 Å². The van der Waals surface area contributed by atoms with Crippen LogP contribution in [0.4, 0.5) is 0 Å². The van der Waals surface area contributed by atoms with Gasteiger partial charge in [0, 0.05) is 38.1 Å². The second-order valence-corrected chi connectivity index (χ2v) is 13.0. The standard InChI is InChI=1S/C32H44N2O8S/c1-21-30(43-20-33-21)23-8-5-22(6-9-23)7-10-28(37)27-18-25(36)19-34(27)31(40)26(32(2,3)4)17-24(35)11-13-41-15-16-42-14-12-29(38)39/h5-6,8-9,20,25-27,36H,7,10-19H2,1-4H3,(H,38,39)/t25-,26-,27+/m1/s1. The molecular formula is C32H44N2O8S. The topological polar surface area (TPSA) is 143 Å². The van der Waals surface area contributed by atoms with E-state index >= 15 is 0 Å². The lowest BCUT2D eigenvalue weighted by molar-refractivity contribution is -0.146. The molecule has 1 aliphatic heterocycles. The van der Waals surface area contributed by atoms with Crippen LogP contribution in [0.5, 0.6) is 0 Å². The van der Waals surface area contributed by atoms with Gasteiger partial charge in [0.2, 0.25) is 5.91 Å². The van der Waals surface area contributed by atoms with Crippen molar-refractivity contribution >= 4 is 34.8 Å². The smallest absolute Gasteiger partial charge is 0.305 e. The highest BCUT2D eigenvalue weighted by Crippen LogP contribution is 2.34. The third-order valence-electron chi connectivity index (χ3n) is 7.69. The van der Waals surface area contributed by atoms with Crippen LogP contribution in [-0.4, -0.2) is 88.7 Å². The van der Waals surface area contributed by atoms with Crippen LogP contribution in [0.2, 0.25) is 0 Å². The zero-order chi connectivity index (χ0) is 31.6. The summed E-state index contributed by atoms with van der Waals surface area (Å²) in [7, 11) is 0. The first kappa shape index (κ1) is 34.5. The third kappa shape index (κ3) is 10.6. The van der Waals surface area contributed by atoms with Crippen molar-refractivity contribution in [3.63, 3.8) is 0 Å². The minimum absolute atomic E-state index is 0.0138. The number of rotatable bonds is 17. The molecule has 2 N–H and O–H groups in total. The quantitative estimate of drug-likeness (QED) is 0.251. The van der Waals surface area contributed by atoms with Crippen LogP contribution in [-0.2, 0) is 35.1 Å². The molecule has 43 heavy (non-hydrogen) atoms. The van der Waals surface area contributed by atoms with E-state index in [0.717, 1.165) is 21.7 Å². The van der Waals surface area contributed by atoms with E-state index in [0.29, 0.717) is 6.42 Å². The molecule has 0 saturated carbocycles. The highest BCUT2D eigenvalue weighted by molar-refractivity contribution is 7.13. The third-order valence-corrected chi connectivity index (χ3v) is 8.67. The first-order valence-electron chi connectivity index (χ1n) is 14.8. The van der Waals surface area contributed by atoms with Gasteiger partial charge >= 0.3 is 5.97 Å². The van der Waals surface area contributed by atoms with E-state index in [9.17, 15) is 24.3 Å². The summed E-state index contributed by atoms with van der Waals surface area (Å²) < 4.78 is 10.6. The van der Waals surface area contributed by atoms with Gasteiger partial charge in [0.25, 0.3) is 0 Å². The van der Waals surface area contributed by atoms with Crippen LogP contribution in [0.25, 0.3) is 10.4 Å². The molecule has 0 radical (unpaired) electrons. The molecule has 1 fully saturated rings. The number of hydrogen-bond donors (Lipinski definition) is 2. The van der Waals surface area contributed by atoms with Crippen molar-refractivity contribution in [1.29, 1.82) is 0 Å². The second kappa shape index (κ2) is 16.2. The van der Waals surface area contributed by atoms with E-state index < -0.39 is 29.4 Å². The van der Waals surface area contributed by atoms with Gasteiger partial charge in [0.05, 0.1) is 61.1 Å². The summed E-state index contributed by atoms with van der Waals surface area (Å²) in [4.78, 5) is 57.3. The number of thiazole rings is 1. The number of hydrogen-bond acceptors (Lipinski definition) is 9. The molecule has 236 valence electrons. The van der Waals surface area contributed by atoms with E-state index in [1.807, 2.05) is 57.5 Å². The lowest BCUT2D eigenvalue weighted by Gasteiger charge is -2.34. The number of carboxylic acids is 1. The SMILES string of the molecule is Cc1ncsc1-c1ccc(CCC(=O)[C@@H]2C[C@@H](O)CN2C(=O)[C@@H](CC(=O)CCOCCOCCC(=O)O)C(C)(C)C)cc1.